The van der Waals surface area contributed by atoms with E-state index in [4.69, 9.17) is 0 Å². The molecule has 4 aliphatic carbocycles. The van der Waals surface area contributed by atoms with Gasteiger partial charge in [0.25, 0.3) is 0 Å². The standard InChI is InChI=1S/4C9H13Si.2ClH.2Ti/c4*1-10(7-4-8-10)9-5-2-3-6-9;;;;/h4*2,5H,3-4,7-8H2,1H3;2*1H;;/q4*-1;;;2*+2/p-2. The molecule has 0 atom stereocenters. The van der Waals surface area contributed by atoms with Gasteiger partial charge in [-0.1, -0.05) is 100 Å². The number of halogens is 2. The topological polar surface area (TPSA) is 0 Å². The summed E-state index contributed by atoms with van der Waals surface area (Å²) in [6.07, 6.45) is 42.3. The van der Waals surface area contributed by atoms with Crippen LogP contribution in [0.15, 0.2) is 69.4 Å². The van der Waals surface area contributed by atoms with E-state index in [0.717, 1.165) is 25.7 Å². The van der Waals surface area contributed by atoms with Gasteiger partial charge in [-0.05, 0) is 0 Å². The molecule has 8 aliphatic rings. The van der Waals surface area contributed by atoms with Gasteiger partial charge in [-0.25, -0.2) is 45.1 Å². The van der Waals surface area contributed by atoms with Crippen molar-refractivity contribution in [3.8, 4) is 0 Å². The number of allylic oxidation sites excluding steroid dienone is 16. The van der Waals surface area contributed by atoms with Crippen molar-refractivity contribution in [3.63, 3.8) is 0 Å². The monoisotopic (exact) mass is 762 g/mol. The van der Waals surface area contributed by atoms with Crippen LogP contribution in [0.5, 0.6) is 0 Å². The van der Waals surface area contributed by atoms with Gasteiger partial charge in [-0.15, -0.1) is 25.7 Å². The first-order valence-corrected chi connectivity index (χ1v) is 28.0. The molecule has 0 N–H and O–H groups in total. The third kappa shape index (κ3) is 10.4. The zero-order valence-electron chi connectivity index (χ0n) is 27.7. The predicted molar refractivity (Wildman–Crippen MR) is 185 cm³/mol. The fourth-order valence-corrected chi connectivity index (χ4v) is 19.2. The maximum atomic E-state index is 3.47. The van der Waals surface area contributed by atoms with Gasteiger partial charge in [-0.2, -0.15) is 24.3 Å². The van der Waals surface area contributed by atoms with Gasteiger partial charge in [0.05, 0.1) is 0 Å². The molecule has 0 aromatic rings. The molecule has 8 rings (SSSR count). The molecule has 0 aromatic carbocycles. The van der Waals surface area contributed by atoms with Crippen LogP contribution in [0.2, 0.25) is 74.5 Å². The molecule has 4 fully saturated rings. The minimum absolute atomic E-state index is 0. The van der Waals surface area contributed by atoms with E-state index in [0.29, 0.717) is 0 Å². The van der Waals surface area contributed by atoms with Gasteiger partial charge in [0.1, 0.15) is 0 Å². The molecule has 0 saturated carbocycles. The molecule has 0 radical (unpaired) electrons. The smallest absolute Gasteiger partial charge is 1.00 e. The van der Waals surface area contributed by atoms with Gasteiger partial charge < -0.3 is 24.8 Å². The summed E-state index contributed by atoms with van der Waals surface area (Å²) in [5.74, 6) is 0. The van der Waals surface area contributed by atoms with Crippen LogP contribution in [0.25, 0.3) is 0 Å². The van der Waals surface area contributed by atoms with Crippen molar-refractivity contribution in [2.75, 3.05) is 0 Å². The third-order valence-corrected chi connectivity index (χ3v) is 29.4. The van der Waals surface area contributed by atoms with E-state index in [1.54, 1.807) is 20.8 Å². The van der Waals surface area contributed by atoms with Crippen LogP contribution >= 0.6 is 0 Å². The Morgan fingerprint density at radius 1 is 0.386 bits per heavy atom. The van der Waals surface area contributed by atoms with Gasteiger partial charge in [-0.3, -0.25) is 24.3 Å². The molecule has 8 heteroatoms. The van der Waals surface area contributed by atoms with Crippen LogP contribution in [0.4, 0.5) is 0 Å². The van der Waals surface area contributed by atoms with Crippen molar-refractivity contribution in [2.24, 2.45) is 0 Å². The second kappa shape index (κ2) is 19.1. The van der Waals surface area contributed by atoms with Crippen molar-refractivity contribution in [2.45, 2.75) is 126 Å². The van der Waals surface area contributed by atoms with E-state index in [-0.39, 0.29) is 68.2 Å². The molecule has 0 aromatic heterocycles. The summed E-state index contributed by atoms with van der Waals surface area (Å²) in [5.41, 5.74) is 0. The van der Waals surface area contributed by atoms with E-state index in [1.165, 1.54) is 74.0 Å². The molecule has 44 heavy (non-hydrogen) atoms. The first kappa shape index (κ1) is 42.8. The van der Waals surface area contributed by atoms with E-state index >= 15 is 0 Å². The van der Waals surface area contributed by atoms with Crippen LogP contribution in [-0.4, -0.2) is 32.3 Å². The zero-order valence-corrected chi connectivity index (χ0v) is 36.3. The summed E-state index contributed by atoms with van der Waals surface area (Å²) < 4.78 is 0. The summed E-state index contributed by atoms with van der Waals surface area (Å²) >= 11 is 0. The van der Waals surface area contributed by atoms with Crippen molar-refractivity contribution >= 4 is 32.3 Å². The SMILES string of the molecule is C[Si]1(C2=[C-]CC=C2)CCC1.C[Si]1(C2=[C-]CC=C2)CCC1.C[Si]1(C2=[C-]CC=C2)CCC1.C[Si]1(C2=[C-]CC=C2)CCC1.[Cl-].[Cl-].[Ti+2].[Ti+2]. The van der Waals surface area contributed by atoms with Crippen LogP contribution < -0.4 is 24.8 Å². The van der Waals surface area contributed by atoms with Gasteiger partial charge >= 0.3 is 43.4 Å². The Morgan fingerprint density at radius 3 is 0.659 bits per heavy atom. The Morgan fingerprint density at radius 2 is 0.568 bits per heavy atom. The molecule has 0 amide bonds. The molecule has 4 heterocycles. The van der Waals surface area contributed by atoms with Gasteiger partial charge in [0.2, 0.25) is 0 Å². The fraction of sp³-hybridized carbons (Fsp3) is 0.556. The Kier molecular flexibility index (Phi) is 18.6. The Balaban J connectivity index is 0.000000285. The molecule has 4 aliphatic heterocycles. The molecule has 4 saturated heterocycles. The van der Waals surface area contributed by atoms with E-state index in [2.05, 4.69) is 99.1 Å². The van der Waals surface area contributed by atoms with Crippen molar-refractivity contribution in [1.29, 1.82) is 0 Å². The third-order valence-electron chi connectivity index (χ3n) is 11.2. The van der Waals surface area contributed by atoms with E-state index < -0.39 is 32.3 Å². The van der Waals surface area contributed by atoms with Crippen molar-refractivity contribution < 1.29 is 68.2 Å². The molecule has 0 spiro atoms. The van der Waals surface area contributed by atoms with Crippen LogP contribution in [0.3, 0.4) is 0 Å². The maximum absolute atomic E-state index is 3.47. The van der Waals surface area contributed by atoms with Gasteiger partial charge in [0, 0.05) is 32.3 Å². The fourth-order valence-electron chi connectivity index (χ4n) is 7.18. The number of hydrogen-bond donors (Lipinski definition) is 0. The maximum Gasteiger partial charge on any atom is 2.00 e. The number of rotatable bonds is 4. The summed E-state index contributed by atoms with van der Waals surface area (Å²) in [7, 11) is -3.38. The van der Waals surface area contributed by atoms with E-state index in [9.17, 15) is 0 Å². The first-order valence-electron chi connectivity index (χ1n) is 16.4. The average molecular weight is 764 g/mol. The second-order valence-electron chi connectivity index (χ2n) is 14.4. The molecular weight excluding hydrogens is 711 g/mol. The molecule has 0 bridgehead atoms. The average Bonchev–Trinajstić information content (AvgIpc) is 3.72. The second-order valence-corrected chi connectivity index (χ2v) is 33.1. The largest absolute Gasteiger partial charge is 2.00 e. The van der Waals surface area contributed by atoms with E-state index in [1.807, 2.05) is 0 Å². The summed E-state index contributed by atoms with van der Waals surface area (Å²) in [4.78, 5) is 0. The Bertz CT molecular complexity index is 994. The molecular formula is C36H52Cl2Si4Ti2-2. The summed E-state index contributed by atoms with van der Waals surface area (Å²) in [6, 6.07) is 12.1. The predicted octanol–water partition coefficient (Wildman–Crippen LogP) is 4.79. The van der Waals surface area contributed by atoms with Crippen molar-refractivity contribution in [3.05, 3.63) is 93.7 Å². The molecule has 0 unspecified atom stereocenters. The first-order chi connectivity index (χ1) is 19.2. The summed E-state index contributed by atoms with van der Waals surface area (Å²) in [6.45, 7) is 9.98. The van der Waals surface area contributed by atoms with Crippen LogP contribution in [-0.2, 0) is 43.4 Å². The Labute approximate surface area is 317 Å². The molecule has 0 nitrogen and oxygen atoms in total. The van der Waals surface area contributed by atoms with Crippen LogP contribution in [0.1, 0.15) is 51.4 Å². The normalized spacial score (nSPS) is 25.4. The van der Waals surface area contributed by atoms with Gasteiger partial charge in [0.15, 0.2) is 0 Å². The summed E-state index contributed by atoms with van der Waals surface area (Å²) in [5, 5.41) is 6.44. The minimum Gasteiger partial charge on any atom is -1.00 e. The Hall–Kier alpha value is 0.796. The van der Waals surface area contributed by atoms with Crippen molar-refractivity contribution in [1.82, 2.24) is 0 Å². The minimum atomic E-state index is -0.845. The number of hydrogen-bond acceptors (Lipinski definition) is 0. The van der Waals surface area contributed by atoms with Crippen LogP contribution in [0, 0.1) is 24.3 Å². The zero-order chi connectivity index (χ0) is 28.1. The molecule has 236 valence electrons. The quantitative estimate of drug-likeness (QED) is 0.286.